The lowest BCUT2D eigenvalue weighted by molar-refractivity contribution is -0.351. The van der Waals surface area contributed by atoms with Gasteiger partial charge in [0.15, 0.2) is 0 Å². The van der Waals surface area contributed by atoms with Crippen LogP contribution in [-0.4, -0.2) is 32.5 Å². The van der Waals surface area contributed by atoms with Crippen molar-refractivity contribution in [3.63, 3.8) is 0 Å². The number of aliphatic hydroxyl groups is 4. The van der Waals surface area contributed by atoms with E-state index in [1.807, 2.05) is 0 Å². The molecule has 0 aliphatic carbocycles. The molecule has 0 fully saturated rings. The highest BCUT2D eigenvalue weighted by atomic mass is 16.7. The van der Waals surface area contributed by atoms with Crippen molar-refractivity contribution in [3.05, 3.63) is 0 Å². The predicted octanol–water partition coefficient (Wildman–Crippen LogP) is -2.00. The van der Waals surface area contributed by atoms with Gasteiger partial charge in [0.2, 0.25) is 0 Å². The Kier molecular flexibility index (Phi) is 1.71. The Hall–Kier alpha value is -0.160. The molecule has 0 rings (SSSR count). The lowest BCUT2D eigenvalue weighted by Gasteiger charge is -2.15. The van der Waals surface area contributed by atoms with Gasteiger partial charge in [-0.25, -0.2) is 0 Å². The molecule has 0 aromatic heterocycles. The summed E-state index contributed by atoms with van der Waals surface area (Å²) in [6, 6.07) is 0. The summed E-state index contributed by atoms with van der Waals surface area (Å²) in [7, 11) is 0. The molecule has 4 N–H and O–H groups in total. The maximum Gasteiger partial charge on any atom is 0.302 e. The molecule has 0 aliphatic heterocycles. The topological polar surface area (TPSA) is 80.9 Å². The summed E-state index contributed by atoms with van der Waals surface area (Å²) in [6.45, 7) is 1.06. The van der Waals surface area contributed by atoms with Gasteiger partial charge in [-0.15, -0.1) is 0 Å². The third kappa shape index (κ3) is 2.52. The molecule has 0 saturated carbocycles. The number of aliphatic hydroxyl groups excluding tert-OH is 1. The standard InChI is InChI=1S/C3H8O4/c1-2(4)3(5,6)7/h2,4-7H,1H3. The quantitative estimate of drug-likeness (QED) is 0.293. The average molecular weight is 108 g/mol. The van der Waals surface area contributed by atoms with Gasteiger partial charge in [0.25, 0.3) is 0 Å². The minimum atomic E-state index is -2.94. The number of hydrogen-bond donors (Lipinski definition) is 4. The van der Waals surface area contributed by atoms with Gasteiger partial charge in [0.05, 0.1) is 0 Å². The highest BCUT2D eigenvalue weighted by Gasteiger charge is 2.24. The van der Waals surface area contributed by atoms with Crippen LogP contribution in [-0.2, 0) is 0 Å². The molecule has 0 radical (unpaired) electrons. The molecule has 0 saturated heterocycles. The van der Waals surface area contributed by atoms with E-state index in [4.69, 9.17) is 20.4 Å². The second-order valence-electron chi connectivity index (χ2n) is 1.36. The summed E-state index contributed by atoms with van der Waals surface area (Å²) in [5, 5.41) is 32.0. The van der Waals surface area contributed by atoms with Gasteiger partial charge in [0.1, 0.15) is 6.10 Å². The van der Waals surface area contributed by atoms with Crippen LogP contribution in [0.4, 0.5) is 0 Å². The predicted molar refractivity (Wildman–Crippen MR) is 21.1 cm³/mol. The first-order valence-corrected chi connectivity index (χ1v) is 1.80. The summed E-state index contributed by atoms with van der Waals surface area (Å²) in [5.74, 6) is -2.94. The molecule has 0 amide bonds. The fourth-order valence-corrected chi connectivity index (χ4v) is 0. The Morgan fingerprint density at radius 3 is 1.43 bits per heavy atom. The van der Waals surface area contributed by atoms with E-state index in [9.17, 15) is 0 Å². The van der Waals surface area contributed by atoms with Gasteiger partial charge in [-0.3, -0.25) is 0 Å². The maximum absolute atomic E-state index is 8.14. The molecule has 0 aromatic rings. The van der Waals surface area contributed by atoms with Gasteiger partial charge in [0, 0.05) is 0 Å². The molecule has 4 nitrogen and oxygen atoms in total. The number of hydrogen-bond acceptors (Lipinski definition) is 4. The second kappa shape index (κ2) is 1.75. The van der Waals surface area contributed by atoms with Crippen molar-refractivity contribution in [3.8, 4) is 0 Å². The zero-order valence-electron chi connectivity index (χ0n) is 3.87. The summed E-state index contributed by atoms with van der Waals surface area (Å²) >= 11 is 0. The van der Waals surface area contributed by atoms with E-state index in [1.165, 1.54) is 0 Å². The van der Waals surface area contributed by atoms with Crippen LogP contribution in [0.2, 0.25) is 0 Å². The van der Waals surface area contributed by atoms with Crippen LogP contribution in [0.3, 0.4) is 0 Å². The first-order valence-electron chi connectivity index (χ1n) is 1.80. The van der Waals surface area contributed by atoms with Crippen LogP contribution >= 0.6 is 0 Å². The summed E-state index contributed by atoms with van der Waals surface area (Å²) < 4.78 is 0. The van der Waals surface area contributed by atoms with Gasteiger partial charge < -0.3 is 20.4 Å². The first kappa shape index (κ1) is 6.84. The molecule has 1 atom stereocenters. The Morgan fingerprint density at radius 2 is 1.43 bits per heavy atom. The fraction of sp³-hybridized carbons (Fsp3) is 1.00. The normalized spacial score (nSPS) is 16.7. The minimum Gasteiger partial charge on any atom is -0.385 e. The zero-order valence-corrected chi connectivity index (χ0v) is 3.87. The van der Waals surface area contributed by atoms with Gasteiger partial charge >= 0.3 is 5.97 Å². The van der Waals surface area contributed by atoms with E-state index >= 15 is 0 Å². The molecule has 7 heavy (non-hydrogen) atoms. The van der Waals surface area contributed by atoms with Gasteiger partial charge in [-0.1, -0.05) is 0 Å². The molecule has 1 unspecified atom stereocenters. The molecule has 44 valence electrons. The van der Waals surface area contributed by atoms with E-state index < -0.39 is 12.1 Å². The monoisotopic (exact) mass is 108 g/mol. The summed E-state index contributed by atoms with van der Waals surface area (Å²) in [5.41, 5.74) is 0. The molecule has 0 heterocycles. The highest BCUT2D eigenvalue weighted by molar-refractivity contribution is 4.52. The summed E-state index contributed by atoms with van der Waals surface area (Å²) in [6.07, 6.45) is -1.53. The van der Waals surface area contributed by atoms with E-state index in [-0.39, 0.29) is 0 Å². The van der Waals surface area contributed by atoms with Crippen molar-refractivity contribution in [2.24, 2.45) is 0 Å². The number of rotatable bonds is 1. The van der Waals surface area contributed by atoms with E-state index in [2.05, 4.69) is 0 Å². The molecular formula is C3H8O4. The summed E-state index contributed by atoms with van der Waals surface area (Å²) in [4.78, 5) is 0. The second-order valence-corrected chi connectivity index (χ2v) is 1.36. The first-order chi connectivity index (χ1) is 2.94. The Morgan fingerprint density at radius 1 is 1.29 bits per heavy atom. The van der Waals surface area contributed by atoms with E-state index in [0.717, 1.165) is 6.92 Å². The van der Waals surface area contributed by atoms with Crippen molar-refractivity contribution >= 4 is 0 Å². The van der Waals surface area contributed by atoms with Crippen molar-refractivity contribution in [2.75, 3.05) is 0 Å². The molecule has 0 bridgehead atoms. The van der Waals surface area contributed by atoms with Crippen molar-refractivity contribution in [1.29, 1.82) is 0 Å². The van der Waals surface area contributed by atoms with Crippen LogP contribution < -0.4 is 0 Å². The van der Waals surface area contributed by atoms with Crippen LogP contribution in [0.15, 0.2) is 0 Å². The molecule has 4 heteroatoms. The minimum absolute atomic E-state index is 1.06. The van der Waals surface area contributed by atoms with E-state index in [1.54, 1.807) is 0 Å². The van der Waals surface area contributed by atoms with Crippen LogP contribution in [0.1, 0.15) is 6.92 Å². The third-order valence-electron chi connectivity index (χ3n) is 0.561. The lowest BCUT2D eigenvalue weighted by atomic mass is 10.3. The molecule has 0 aliphatic rings. The zero-order chi connectivity index (χ0) is 6.08. The third-order valence-corrected chi connectivity index (χ3v) is 0.561. The van der Waals surface area contributed by atoms with Crippen molar-refractivity contribution < 1.29 is 20.4 Å². The average Bonchev–Trinajstić information content (AvgIpc) is 1.31. The van der Waals surface area contributed by atoms with Crippen molar-refractivity contribution in [2.45, 2.75) is 19.0 Å². The molecular weight excluding hydrogens is 100 g/mol. The largest absolute Gasteiger partial charge is 0.385 e. The Labute approximate surface area is 40.6 Å². The fourth-order valence-electron chi connectivity index (χ4n) is 0. The molecule has 0 spiro atoms. The Bertz CT molecular complexity index is 52.4. The maximum atomic E-state index is 8.14. The highest BCUT2D eigenvalue weighted by Crippen LogP contribution is 1.97. The van der Waals surface area contributed by atoms with Gasteiger partial charge in [-0.2, -0.15) is 0 Å². The SMILES string of the molecule is CC(O)C(O)(O)O. The van der Waals surface area contributed by atoms with E-state index in [0.29, 0.717) is 0 Å². The molecule has 0 aromatic carbocycles. The van der Waals surface area contributed by atoms with Crippen molar-refractivity contribution in [1.82, 2.24) is 0 Å². The smallest absolute Gasteiger partial charge is 0.302 e. The lowest BCUT2D eigenvalue weighted by Crippen LogP contribution is -2.39. The Balaban J connectivity index is 3.54. The van der Waals surface area contributed by atoms with Crippen LogP contribution in [0, 0.1) is 0 Å². The van der Waals surface area contributed by atoms with Crippen LogP contribution in [0.5, 0.6) is 0 Å². The van der Waals surface area contributed by atoms with Gasteiger partial charge in [-0.05, 0) is 6.92 Å². The van der Waals surface area contributed by atoms with Crippen LogP contribution in [0.25, 0.3) is 0 Å².